The number of thiophene rings is 2. The fourth-order valence-corrected chi connectivity index (χ4v) is 18.5. The number of nitrogens with zero attached hydrogens (tertiary/aromatic N) is 2. The average molecular weight is 1470 g/mol. The normalized spacial score (nSPS) is 11.6. The van der Waals surface area contributed by atoms with E-state index in [9.17, 15) is 0 Å². The lowest BCUT2D eigenvalue weighted by Gasteiger charge is -2.26. The molecule has 22 rings (SSSR count). The first kappa shape index (κ1) is 66.1. The van der Waals surface area contributed by atoms with E-state index >= 15 is 0 Å². The van der Waals surface area contributed by atoms with Crippen LogP contribution in [-0.2, 0) is 0 Å². The first-order valence-electron chi connectivity index (χ1n) is 38.0. The maximum Gasteiger partial charge on any atom is 0.135 e. The first-order valence-corrected chi connectivity index (χ1v) is 39.6. The van der Waals surface area contributed by atoms with E-state index in [-0.39, 0.29) is 0 Å². The van der Waals surface area contributed by atoms with Crippen LogP contribution >= 0.6 is 22.7 Å². The Labute approximate surface area is 656 Å². The van der Waals surface area contributed by atoms with Crippen LogP contribution in [0.4, 0.5) is 34.1 Å². The van der Waals surface area contributed by atoms with E-state index in [2.05, 4.69) is 398 Å². The molecule has 4 heterocycles. The van der Waals surface area contributed by atoms with Gasteiger partial charge in [0, 0.05) is 96.0 Å². The molecule has 0 spiro atoms. The van der Waals surface area contributed by atoms with Crippen molar-refractivity contribution < 1.29 is 8.83 Å². The number of rotatable bonds is 13. The zero-order valence-corrected chi connectivity index (χ0v) is 62.4. The van der Waals surface area contributed by atoms with Crippen molar-refractivity contribution in [1.29, 1.82) is 0 Å². The second kappa shape index (κ2) is 28.1. The van der Waals surface area contributed by atoms with Crippen molar-refractivity contribution in [3.8, 4) is 77.9 Å². The lowest BCUT2D eigenvalue weighted by Crippen LogP contribution is -2.09. The SMILES string of the molecule is c1ccc(-c2ccc(-c3ccc(N(c4ccc(-c5ccc6oc7ccccc7c6c5)cc4)c4ccc(-c5ccc6sc7ccccc7c6c5)cc4)cc3)cc2)cc1.c1ccc2c(-c3ccc(N(c4ccc(-c5ccc6oc7ccccc7c6c5)cc4)c4ccc(-c5ccc6sc7ccccc7c6c5)cc4)cc3)cccc2c1. The van der Waals surface area contributed by atoms with Crippen LogP contribution < -0.4 is 9.80 Å². The molecule has 0 amide bonds. The van der Waals surface area contributed by atoms with Crippen LogP contribution in [0.2, 0.25) is 0 Å². The van der Waals surface area contributed by atoms with E-state index < -0.39 is 0 Å². The molecule has 0 aliphatic heterocycles. The predicted molar refractivity (Wildman–Crippen MR) is 478 cm³/mol. The summed E-state index contributed by atoms with van der Waals surface area (Å²) >= 11 is 3.71. The van der Waals surface area contributed by atoms with Crippen molar-refractivity contribution in [2.45, 2.75) is 0 Å². The highest BCUT2D eigenvalue weighted by molar-refractivity contribution is 7.26. The summed E-state index contributed by atoms with van der Waals surface area (Å²) in [6.07, 6.45) is 0. The van der Waals surface area contributed by atoms with Gasteiger partial charge in [0.05, 0.1) is 0 Å². The summed E-state index contributed by atoms with van der Waals surface area (Å²) in [7, 11) is 0. The van der Waals surface area contributed by atoms with Crippen LogP contribution in [0.15, 0.2) is 421 Å². The van der Waals surface area contributed by atoms with Gasteiger partial charge in [0.1, 0.15) is 22.3 Å². The minimum Gasteiger partial charge on any atom is -0.456 e. The van der Waals surface area contributed by atoms with Gasteiger partial charge in [-0.1, -0.05) is 267 Å². The Morgan fingerprint density at radius 3 is 0.839 bits per heavy atom. The number of anilines is 6. The highest BCUT2D eigenvalue weighted by Gasteiger charge is 2.20. The molecular formula is C106H68N2O2S2. The monoisotopic (exact) mass is 1460 g/mol. The average Bonchev–Trinajstić information content (AvgIpc) is 0.860. The van der Waals surface area contributed by atoms with Crippen LogP contribution in [-0.4, -0.2) is 0 Å². The molecule has 0 bridgehead atoms. The standard InChI is InChI=1S/C54H35NOS.C52H33NOS/c1-2-8-36(9-3-1)37-14-16-38(17-15-37)39-18-26-44(27-19-39)55(45-28-20-40(21-29-45)42-24-32-52-49(34-42)47-10-4-6-12-51(47)56-52)46-30-22-41(23-31-46)43-25-33-54-50(35-43)48-11-5-7-13-53(48)57-54;1-2-10-43-36(8-1)9-7-13-44(43)37-20-28-42(29-21-37)53(40-24-16-34(17-25-40)38-22-30-50-47(32-38)45-11-3-5-14-49(45)54-50)41-26-18-35(19-27-41)39-23-31-52-48(33-39)46-12-4-6-15-51(46)55-52/h1-35H;1-33H. The third-order valence-electron chi connectivity index (χ3n) is 22.0. The second-order valence-corrected chi connectivity index (χ2v) is 30.8. The number of furan rings is 2. The number of hydrogen-bond acceptors (Lipinski definition) is 6. The van der Waals surface area contributed by atoms with Gasteiger partial charge < -0.3 is 18.6 Å². The van der Waals surface area contributed by atoms with Gasteiger partial charge in [-0.3, -0.25) is 0 Å². The Morgan fingerprint density at radius 1 is 0.161 bits per heavy atom. The van der Waals surface area contributed by atoms with E-state index in [1.807, 2.05) is 46.9 Å². The molecule has 0 aliphatic carbocycles. The van der Waals surface area contributed by atoms with E-state index in [4.69, 9.17) is 8.83 Å². The van der Waals surface area contributed by atoms with Crippen molar-refractivity contribution in [3.63, 3.8) is 0 Å². The molecule has 4 aromatic heterocycles. The second-order valence-electron chi connectivity index (χ2n) is 28.7. The zero-order valence-electron chi connectivity index (χ0n) is 60.8. The number of hydrogen-bond donors (Lipinski definition) is 0. The van der Waals surface area contributed by atoms with Crippen molar-refractivity contribution in [2.24, 2.45) is 0 Å². The fraction of sp³-hybridized carbons (Fsp3) is 0. The van der Waals surface area contributed by atoms with E-state index in [0.717, 1.165) is 100 Å². The van der Waals surface area contributed by atoms with Gasteiger partial charge in [-0.05, 0) is 234 Å². The van der Waals surface area contributed by atoms with E-state index in [1.54, 1.807) is 0 Å². The molecule has 0 N–H and O–H groups in total. The van der Waals surface area contributed by atoms with Crippen molar-refractivity contribution in [3.05, 3.63) is 413 Å². The Bertz CT molecular complexity index is 6940. The molecule has 0 saturated carbocycles. The maximum absolute atomic E-state index is 6.11. The molecular weight excluding hydrogens is 1400 g/mol. The van der Waals surface area contributed by atoms with Gasteiger partial charge in [0.15, 0.2) is 0 Å². The molecule has 0 radical (unpaired) electrons. The highest BCUT2D eigenvalue weighted by atomic mass is 32.1. The molecule has 112 heavy (non-hydrogen) atoms. The summed E-state index contributed by atoms with van der Waals surface area (Å²) in [5, 5.41) is 12.3. The Kier molecular flexibility index (Phi) is 16.6. The molecule has 6 heteroatoms. The maximum atomic E-state index is 6.11. The minimum atomic E-state index is 0.908. The summed E-state index contributed by atoms with van der Waals surface area (Å²) < 4.78 is 17.5. The zero-order chi connectivity index (χ0) is 74.0. The smallest absolute Gasteiger partial charge is 0.135 e. The van der Waals surface area contributed by atoms with Crippen LogP contribution in [0.5, 0.6) is 0 Å². The lowest BCUT2D eigenvalue weighted by atomic mass is 9.98. The number of benzene rings is 18. The number of para-hydroxylation sites is 2. The van der Waals surface area contributed by atoms with Gasteiger partial charge in [-0.2, -0.15) is 0 Å². The van der Waals surface area contributed by atoms with Crippen LogP contribution in [0.25, 0.3) is 173 Å². The quantitative estimate of drug-likeness (QED) is 0.115. The Morgan fingerprint density at radius 2 is 0.429 bits per heavy atom. The minimum absolute atomic E-state index is 0.908. The van der Waals surface area contributed by atoms with Crippen LogP contribution in [0.1, 0.15) is 0 Å². The third kappa shape index (κ3) is 12.3. The Hall–Kier alpha value is -14.1. The van der Waals surface area contributed by atoms with Crippen LogP contribution in [0.3, 0.4) is 0 Å². The Balaban J connectivity index is 0.000000142. The van der Waals surface area contributed by atoms with Gasteiger partial charge in [-0.15, -0.1) is 22.7 Å². The molecule has 0 saturated heterocycles. The number of fused-ring (bicyclic) bond motifs is 13. The molecule has 526 valence electrons. The topological polar surface area (TPSA) is 32.8 Å². The van der Waals surface area contributed by atoms with Crippen molar-refractivity contribution in [2.75, 3.05) is 9.80 Å². The van der Waals surface area contributed by atoms with Crippen LogP contribution in [0, 0.1) is 0 Å². The van der Waals surface area contributed by atoms with Gasteiger partial charge in [-0.25, -0.2) is 0 Å². The summed E-state index contributed by atoms with van der Waals surface area (Å²) in [4.78, 5) is 4.70. The summed E-state index contributed by atoms with van der Waals surface area (Å²) in [6.45, 7) is 0. The molecule has 0 fully saturated rings. The van der Waals surface area contributed by atoms with E-state index in [1.165, 1.54) is 107 Å². The molecule has 22 aromatic rings. The first-order chi connectivity index (χ1) is 55.4. The van der Waals surface area contributed by atoms with Crippen molar-refractivity contribution in [1.82, 2.24) is 0 Å². The molecule has 0 atom stereocenters. The lowest BCUT2D eigenvalue weighted by molar-refractivity contribution is 0.668. The summed E-state index contributed by atoms with van der Waals surface area (Å²) in [5.41, 5.74) is 27.0. The molecule has 0 unspecified atom stereocenters. The molecule has 0 aliphatic rings. The van der Waals surface area contributed by atoms with Crippen molar-refractivity contribution >= 4 is 152 Å². The molecule has 4 nitrogen and oxygen atoms in total. The highest BCUT2D eigenvalue weighted by Crippen LogP contribution is 2.45. The van der Waals surface area contributed by atoms with Gasteiger partial charge >= 0.3 is 0 Å². The molecule has 18 aromatic carbocycles. The summed E-state index contributed by atoms with van der Waals surface area (Å²) in [6, 6.07) is 149. The third-order valence-corrected chi connectivity index (χ3v) is 24.3. The summed E-state index contributed by atoms with van der Waals surface area (Å²) in [5.74, 6) is 0. The van der Waals surface area contributed by atoms with Gasteiger partial charge in [0.2, 0.25) is 0 Å². The van der Waals surface area contributed by atoms with E-state index in [0.29, 0.717) is 0 Å². The van der Waals surface area contributed by atoms with Gasteiger partial charge in [0.25, 0.3) is 0 Å². The fourth-order valence-electron chi connectivity index (χ4n) is 16.3. The largest absolute Gasteiger partial charge is 0.456 e. The predicted octanol–water partition coefficient (Wildman–Crippen LogP) is 31.7.